The van der Waals surface area contributed by atoms with Crippen molar-refractivity contribution in [3.8, 4) is 0 Å². The van der Waals surface area contributed by atoms with E-state index in [1.165, 1.54) is 19.4 Å². The van der Waals surface area contributed by atoms with Gasteiger partial charge in [-0.3, -0.25) is 0 Å². The van der Waals surface area contributed by atoms with Crippen molar-refractivity contribution < 1.29 is 17.2 Å². The van der Waals surface area contributed by atoms with E-state index in [9.17, 15) is 12.8 Å². The van der Waals surface area contributed by atoms with E-state index in [4.69, 9.17) is 4.42 Å². The van der Waals surface area contributed by atoms with Crippen LogP contribution in [0.15, 0.2) is 33.8 Å². The van der Waals surface area contributed by atoms with Gasteiger partial charge in [0.15, 0.2) is 10.5 Å². The SMILES string of the molecule is CNS(=O)(=O)c1c(F)ccc2ccoc12. The lowest BCUT2D eigenvalue weighted by molar-refractivity contribution is 0.547. The minimum atomic E-state index is -3.84. The summed E-state index contributed by atoms with van der Waals surface area (Å²) in [5, 5.41) is 0.547. The lowest BCUT2D eigenvalue weighted by atomic mass is 10.2. The Hall–Kier alpha value is -1.40. The predicted octanol–water partition coefficient (Wildman–Crippen LogP) is 1.48. The Kier molecular flexibility index (Phi) is 2.24. The Morgan fingerprint density at radius 2 is 2.07 bits per heavy atom. The van der Waals surface area contributed by atoms with E-state index in [1.54, 1.807) is 6.07 Å². The highest BCUT2D eigenvalue weighted by Crippen LogP contribution is 2.26. The molecular formula is C9H8FNO3S. The summed E-state index contributed by atoms with van der Waals surface area (Å²) in [4.78, 5) is -0.451. The van der Waals surface area contributed by atoms with Crippen molar-refractivity contribution in [2.24, 2.45) is 0 Å². The second-order valence-electron chi connectivity index (χ2n) is 2.92. The third-order valence-electron chi connectivity index (χ3n) is 2.07. The first kappa shape index (κ1) is 10.1. The van der Waals surface area contributed by atoms with Gasteiger partial charge in [0.25, 0.3) is 0 Å². The minimum Gasteiger partial charge on any atom is -0.463 e. The largest absolute Gasteiger partial charge is 0.463 e. The number of hydrogen-bond donors (Lipinski definition) is 1. The van der Waals surface area contributed by atoms with Crippen LogP contribution in [0, 0.1) is 5.82 Å². The Balaban J connectivity index is 2.89. The number of benzene rings is 1. The van der Waals surface area contributed by atoms with Crippen molar-refractivity contribution in [1.29, 1.82) is 0 Å². The molecule has 0 spiro atoms. The molecule has 0 aliphatic carbocycles. The fraction of sp³-hybridized carbons (Fsp3) is 0.111. The van der Waals surface area contributed by atoms with Gasteiger partial charge in [-0.15, -0.1) is 0 Å². The maximum absolute atomic E-state index is 13.4. The molecule has 4 nitrogen and oxygen atoms in total. The Morgan fingerprint density at radius 3 is 2.73 bits per heavy atom. The summed E-state index contributed by atoms with van der Waals surface area (Å²) in [6.45, 7) is 0. The van der Waals surface area contributed by atoms with Crippen LogP contribution < -0.4 is 4.72 Å². The van der Waals surface area contributed by atoms with Crippen molar-refractivity contribution in [1.82, 2.24) is 4.72 Å². The van der Waals surface area contributed by atoms with Crippen LogP contribution in [0.4, 0.5) is 4.39 Å². The van der Waals surface area contributed by atoms with Gasteiger partial charge < -0.3 is 4.42 Å². The van der Waals surface area contributed by atoms with E-state index < -0.39 is 20.7 Å². The van der Waals surface area contributed by atoms with Crippen molar-refractivity contribution in [2.45, 2.75) is 4.90 Å². The van der Waals surface area contributed by atoms with Crippen LogP contribution in [0.5, 0.6) is 0 Å². The van der Waals surface area contributed by atoms with Crippen molar-refractivity contribution in [2.75, 3.05) is 7.05 Å². The Labute approximate surface area is 85.7 Å². The fourth-order valence-corrected chi connectivity index (χ4v) is 2.27. The number of fused-ring (bicyclic) bond motifs is 1. The highest BCUT2D eigenvalue weighted by Gasteiger charge is 2.22. The van der Waals surface area contributed by atoms with Gasteiger partial charge in [0.05, 0.1) is 6.26 Å². The summed E-state index contributed by atoms with van der Waals surface area (Å²) in [5.41, 5.74) is 0.0318. The van der Waals surface area contributed by atoms with E-state index in [0.29, 0.717) is 5.39 Å². The van der Waals surface area contributed by atoms with E-state index >= 15 is 0 Å². The Morgan fingerprint density at radius 1 is 1.33 bits per heavy atom. The molecule has 0 atom stereocenters. The lowest BCUT2D eigenvalue weighted by Crippen LogP contribution is -2.20. The fourth-order valence-electron chi connectivity index (χ4n) is 1.33. The predicted molar refractivity (Wildman–Crippen MR) is 52.4 cm³/mol. The van der Waals surface area contributed by atoms with Gasteiger partial charge in [0.2, 0.25) is 10.0 Å². The molecule has 80 valence electrons. The van der Waals surface area contributed by atoms with Gasteiger partial charge in [0, 0.05) is 5.39 Å². The molecular weight excluding hydrogens is 221 g/mol. The first-order chi connectivity index (χ1) is 7.06. The van der Waals surface area contributed by atoms with Crippen molar-refractivity contribution in [3.05, 3.63) is 30.3 Å². The quantitative estimate of drug-likeness (QED) is 0.848. The van der Waals surface area contributed by atoms with Crippen LogP contribution in [0.3, 0.4) is 0 Å². The van der Waals surface area contributed by atoms with Crippen LogP contribution in [0.25, 0.3) is 11.0 Å². The molecule has 0 saturated carbocycles. The molecule has 15 heavy (non-hydrogen) atoms. The third-order valence-corrected chi connectivity index (χ3v) is 3.52. The lowest BCUT2D eigenvalue weighted by Gasteiger charge is -2.03. The van der Waals surface area contributed by atoms with Gasteiger partial charge in [0.1, 0.15) is 5.82 Å². The van der Waals surface area contributed by atoms with Crippen LogP contribution in [0.1, 0.15) is 0 Å². The zero-order valence-corrected chi connectivity index (χ0v) is 8.64. The average Bonchev–Trinajstić information content (AvgIpc) is 2.64. The maximum Gasteiger partial charge on any atom is 0.246 e. The zero-order valence-electron chi connectivity index (χ0n) is 7.82. The molecule has 0 aliphatic rings. The van der Waals surface area contributed by atoms with Gasteiger partial charge in [-0.25, -0.2) is 17.5 Å². The third kappa shape index (κ3) is 1.51. The highest BCUT2D eigenvalue weighted by molar-refractivity contribution is 7.89. The number of sulfonamides is 1. The number of rotatable bonds is 2. The molecule has 0 radical (unpaired) electrons. The Bertz CT molecular complexity index is 603. The highest BCUT2D eigenvalue weighted by atomic mass is 32.2. The first-order valence-electron chi connectivity index (χ1n) is 4.15. The summed E-state index contributed by atoms with van der Waals surface area (Å²) in [6.07, 6.45) is 1.32. The second kappa shape index (κ2) is 3.32. The molecule has 2 rings (SSSR count). The van der Waals surface area contributed by atoms with Crippen LogP contribution in [-0.4, -0.2) is 15.5 Å². The summed E-state index contributed by atoms with van der Waals surface area (Å²) >= 11 is 0. The van der Waals surface area contributed by atoms with Gasteiger partial charge >= 0.3 is 0 Å². The summed E-state index contributed by atoms with van der Waals surface area (Å²) in [6, 6.07) is 4.13. The van der Waals surface area contributed by atoms with E-state index in [0.717, 1.165) is 6.07 Å². The molecule has 1 aromatic heterocycles. The molecule has 6 heteroatoms. The van der Waals surface area contributed by atoms with E-state index in [-0.39, 0.29) is 5.58 Å². The number of halogens is 1. The molecule has 1 N–H and O–H groups in total. The normalized spacial score (nSPS) is 12.1. The number of nitrogens with one attached hydrogen (secondary N) is 1. The zero-order chi connectivity index (χ0) is 11.1. The van der Waals surface area contributed by atoms with Crippen LogP contribution in [0.2, 0.25) is 0 Å². The van der Waals surface area contributed by atoms with E-state index in [1.807, 2.05) is 0 Å². The number of furan rings is 1. The first-order valence-corrected chi connectivity index (χ1v) is 5.64. The second-order valence-corrected chi connectivity index (χ2v) is 4.75. The molecule has 0 fully saturated rings. The standard InChI is InChI=1S/C9H8FNO3S/c1-11-15(12,13)9-7(10)3-2-6-4-5-14-8(6)9/h2-5,11H,1H3. The minimum absolute atomic E-state index is 0.0318. The molecule has 0 amide bonds. The van der Waals surface area contributed by atoms with Crippen molar-refractivity contribution >= 4 is 21.0 Å². The molecule has 1 aromatic carbocycles. The summed E-state index contributed by atoms with van der Waals surface area (Å²) < 4.78 is 43.5. The maximum atomic E-state index is 13.4. The molecule has 0 saturated heterocycles. The summed E-state index contributed by atoms with van der Waals surface area (Å²) in [7, 11) is -2.63. The molecule has 0 aliphatic heterocycles. The van der Waals surface area contributed by atoms with Crippen molar-refractivity contribution in [3.63, 3.8) is 0 Å². The monoisotopic (exact) mass is 229 g/mol. The topological polar surface area (TPSA) is 59.3 Å². The van der Waals surface area contributed by atoms with Crippen LogP contribution in [-0.2, 0) is 10.0 Å². The summed E-state index contributed by atoms with van der Waals surface area (Å²) in [5.74, 6) is -0.827. The number of hydrogen-bond acceptors (Lipinski definition) is 3. The van der Waals surface area contributed by atoms with Gasteiger partial charge in [-0.1, -0.05) is 0 Å². The molecule has 0 bridgehead atoms. The molecule has 2 aromatic rings. The molecule has 1 heterocycles. The molecule has 0 unspecified atom stereocenters. The van der Waals surface area contributed by atoms with Gasteiger partial charge in [-0.05, 0) is 25.2 Å². The smallest absolute Gasteiger partial charge is 0.246 e. The van der Waals surface area contributed by atoms with Gasteiger partial charge in [-0.2, -0.15) is 0 Å². The average molecular weight is 229 g/mol. The van der Waals surface area contributed by atoms with Crippen LogP contribution >= 0.6 is 0 Å². The van der Waals surface area contributed by atoms with E-state index in [2.05, 4.69) is 4.72 Å².